The number of aliphatic hydroxyl groups excluding tert-OH is 2. The molecule has 1 saturated carbocycles. The van der Waals surface area contributed by atoms with Crippen LogP contribution in [0.5, 0.6) is 0 Å². The second-order valence-corrected chi connectivity index (χ2v) is 7.61. The van der Waals surface area contributed by atoms with Crippen molar-refractivity contribution in [1.29, 1.82) is 0 Å². The zero-order valence-electron chi connectivity index (χ0n) is 14.7. The average Bonchev–Trinajstić information content (AvgIpc) is 2.52. The average molecular weight is 336 g/mol. The maximum atomic E-state index is 10.7. The zero-order chi connectivity index (χ0) is 17.9. The molecule has 1 aliphatic carbocycles. The molecule has 0 unspecified atom stereocenters. The van der Waals surface area contributed by atoms with Gasteiger partial charge in [-0.25, -0.2) is 0 Å². The first-order chi connectivity index (χ1) is 11.2. The van der Waals surface area contributed by atoms with Gasteiger partial charge in [-0.15, -0.1) is 0 Å². The number of hydrogen-bond donors (Lipinski definition) is 2. The molecule has 24 heavy (non-hydrogen) atoms. The van der Waals surface area contributed by atoms with Gasteiger partial charge in [0.2, 0.25) is 0 Å². The minimum Gasteiger partial charge on any atom is -0.391 e. The van der Waals surface area contributed by atoms with E-state index in [1.165, 1.54) is 12.1 Å². The highest BCUT2D eigenvalue weighted by Crippen LogP contribution is 2.31. The second-order valence-electron chi connectivity index (χ2n) is 7.61. The van der Waals surface area contributed by atoms with Crippen molar-refractivity contribution < 1.29 is 15.1 Å². The molecule has 1 fully saturated rings. The lowest BCUT2D eigenvalue weighted by molar-refractivity contribution is -0.384. The first kappa shape index (κ1) is 18.8. The molecule has 1 aliphatic rings. The lowest BCUT2D eigenvalue weighted by atomic mass is 9.88. The summed E-state index contributed by atoms with van der Waals surface area (Å²) in [6.45, 7) is 6.63. The van der Waals surface area contributed by atoms with Crippen LogP contribution in [0.2, 0.25) is 0 Å². The molecular formula is C18H28N2O4. The molecule has 0 bridgehead atoms. The van der Waals surface area contributed by atoms with Gasteiger partial charge in [0.15, 0.2) is 0 Å². The van der Waals surface area contributed by atoms with Crippen LogP contribution in [0.3, 0.4) is 0 Å². The smallest absolute Gasteiger partial charge is 0.269 e. The number of hydrogen-bond acceptors (Lipinski definition) is 5. The Morgan fingerprint density at radius 2 is 1.83 bits per heavy atom. The first-order valence-electron chi connectivity index (χ1n) is 8.57. The molecule has 0 radical (unpaired) electrons. The van der Waals surface area contributed by atoms with Crippen LogP contribution in [0.4, 0.5) is 5.69 Å². The van der Waals surface area contributed by atoms with Gasteiger partial charge in [0.25, 0.3) is 5.69 Å². The molecule has 1 aromatic carbocycles. The monoisotopic (exact) mass is 336 g/mol. The van der Waals surface area contributed by atoms with Crippen molar-refractivity contribution in [3.63, 3.8) is 0 Å². The fourth-order valence-corrected chi connectivity index (χ4v) is 3.47. The van der Waals surface area contributed by atoms with Crippen LogP contribution in [0.25, 0.3) is 0 Å². The summed E-state index contributed by atoms with van der Waals surface area (Å²) in [5.41, 5.74) is 0.478. The van der Waals surface area contributed by atoms with E-state index in [0.717, 1.165) is 25.7 Å². The van der Waals surface area contributed by atoms with E-state index in [1.807, 2.05) is 0 Å². The SMILES string of the molecule is CC(C)(C)N(C[C@H](O)c1ccc([N+](=O)[O-])cc1)[C@H]1CCCC[C@@H]1O. The van der Waals surface area contributed by atoms with Crippen molar-refractivity contribution in [3.05, 3.63) is 39.9 Å². The Bertz CT molecular complexity index is 553. The Balaban J connectivity index is 2.14. The quantitative estimate of drug-likeness (QED) is 0.637. The third-order valence-corrected chi connectivity index (χ3v) is 4.81. The Morgan fingerprint density at radius 3 is 2.33 bits per heavy atom. The molecule has 0 heterocycles. The highest BCUT2D eigenvalue weighted by Gasteiger charge is 2.36. The van der Waals surface area contributed by atoms with Crippen LogP contribution in [0.15, 0.2) is 24.3 Å². The third kappa shape index (κ3) is 4.53. The van der Waals surface area contributed by atoms with Crippen molar-refractivity contribution in [2.24, 2.45) is 0 Å². The first-order valence-corrected chi connectivity index (χ1v) is 8.57. The predicted molar refractivity (Wildman–Crippen MR) is 92.8 cm³/mol. The van der Waals surface area contributed by atoms with Crippen molar-refractivity contribution >= 4 is 5.69 Å². The largest absolute Gasteiger partial charge is 0.391 e. The van der Waals surface area contributed by atoms with E-state index in [-0.39, 0.29) is 23.4 Å². The van der Waals surface area contributed by atoms with E-state index in [1.54, 1.807) is 12.1 Å². The molecule has 0 aliphatic heterocycles. The van der Waals surface area contributed by atoms with Crippen LogP contribution in [0, 0.1) is 10.1 Å². The molecule has 2 rings (SSSR count). The van der Waals surface area contributed by atoms with Crippen LogP contribution in [0.1, 0.15) is 58.1 Å². The van der Waals surface area contributed by atoms with Gasteiger partial charge >= 0.3 is 0 Å². The molecule has 6 nitrogen and oxygen atoms in total. The number of benzene rings is 1. The highest BCUT2D eigenvalue weighted by atomic mass is 16.6. The molecule has 0 saturated heterocycles. The van der Waals surface area contributed by atoms with Crippen molar-refractivity contribution in [3.8, 4) is 0 Å². The van der Waals surface area contributed by atoms with E-state index >= 15 is 0 Å². The van der Waals surface area contributed by atoms with Crippen LogP contribution >= 0.6 is 0 Å². The lowest BCUT2D eigenvalue weighted by Crippen LogP contribution is -2.55. The van der Waals surface area contributed by atoms with Gasteiger partial charge in [-0.1, -0.05) is 12.8 Å². The number of rotatable bonds is 5. The molecule has 0 amide bonds. The van der Waals surface area contributed by atoms with Gasteiger partial charge in [-0.05, 0) is 51.3 Å². The summed E-state index contributed by atoms with van der Waals surface area (Å²) in [5.74, 6) is 0. The molecule has 0 aromatic heterocycles. The second kappa shape index (κ2) is 7.59. The van der Waals surface area contributed by atoms with E-state index in [2.05, 4.69) is 25.7 Å². The van der Waals surface area contributed by atoms with Gasteiger partial charge < -0.3 is 10.2 Å². The summed E-state index contributed by atoms with van der Waals surface area (Å²) in [6, 6.07) is 6.05. The Labute approximate surface area is 143 Å². The lowest BCUT2D eigenvalue weighted by Gasteiger charge is -2.46. The van der Waals surface area contributed by atoms with Gasteiger partial charge in [0, 0.05) is 30.3 Å². The molecule has 6 heteroatoms. The van der Waals surface area contributed by atoms with E-state index in [0.29, 0.717) is 12.1 Å². The Morgan fingerprint density at radius 1 is 1.25 bits per heavy atom. The summed E-state index contributed by atoms with van der Waals surface area (Å²) >= 11 is 0. The number of nitrogens with zero attached hydrogens (tertiary/aromatic N) is 2. The summed E-state index contributed by atoms with van der Waals surface area (Å²) in [6.07, 6.45) is 2.72. The highest BCUT2D eigenvalue weighted by molar-refractivity contribution is 5.33. The van der Waals surface area contributed by atoms with Gasteiger partial charge in [-0.3, -0.25) is 15.0 Å². The van der Waals surface area contributed by atoms with Gasteiger partial charge in [-0.2, -0.15) is 0 Å². The minimum absolute atomic E-state index is 0.0151. The number of aliphatic hydroxyl groups is 2. The fourth-order valence-electron chi connectivity index (χ4n) is 3.47. The van der Waals surface area contributed by atoms with E-state index < -0.39 is 11.0 Å². The number of β-amino-alcohol motifs (C(OH)–C–C–N with tert-alkyl or cyclic N) is 1. The maximum Gasteiger partial charge on any atom is 0.269 e. The van der Waals surface area contributed by atoms with Gasteiger partial charge in [0.1, 0.15) is 0 Å². The maximum absolute atomic E-state index is 10.7. The fraction of sp³-hybridized carbons (Fsp3) is 0.667. The van der Waals surface area contributed by atoms with Crippen molar-refractivity contribution in [1.82, 2.24) is 4.90 Å². The summed E-state index contributed by atoms with van der Waals surface area (Å²) in [4.78, 5) is 12.5. The molecular weight excluding hydrogens is 308 g/mol. The molecule has 134 valence electrons. The molecule has 2 N–H and O–H groups in total. The number of nitro groups is 1. The predicted octanol–water partition coefficient (Wildman–Crippen LogP) is 3.03. The third-order valence-electron chi connectivity index (χ3n) is 4.81. The normalized spacial score (nSPS) is 23.2. The Kier molecular flexibility index (Phi) is 5.96. The summed E-state index contributed by atoms with van der Waals surface area (Å²) in [5, 5.41) is 31.7. The standard InChI is InChI=1S/C18H28N2O4/c1-18(2,3)19(15-6-4-5-7-16(15)21)12-17(22)13-8-10-14(11-9-13)20(23)24/h8-11,15-17,21-22H,4-7,12H2,1-3H3/t15-,16-,17-/m0/s1. The molecule has 1 aromatic rings. The summed E-state index contributed by atoms with van der Waals surface area (Å²) < 4.78 is 0. The number of nitro benzene ring substituents is 1. The minimum atomic E-state index is -0.751. The van der Waals surface area contributed by atoms with Crippen molar-refractivity contribution in [2.45, 2.75) is 70.2 Å². The molecule has 3 atom stereocenters. The van der Waals surface area contributed by atoms with Crippen LogP contribution in [-0.4, -0.2) is 44.3 Å². The van der Waals surface area contributed by atoms with Crippen LogP contribution < -0.4 is 0 Å². The summed E-state index contributed by atoms with van der Waals surface area (Å²) in [7, 11) is 0. The van der Waals surface area contributed by atoms with Gasteiger partial charge in [0.05, 0.1) is 17.1 Å². The Hall–Kier alpha value is -1.50. The molecule has 0 spiro atoms. The topological polar surface area (TPSA) is 86.8 Å². The van der Waals surface area contributed by atoms with E-state index in [4.69, 9.17) is 0 Å². The van der Waals surface area contributed by atoms with Crippen molar-refractivity contribution in [2.75, 3.05) is 6.54 Å². The zero-order valence-corrected chi connectivity index (χ0v) is 14.7. The van der Waals surface area contributed by atoms with E-state index in [9.17, 15) is 20.3 Å². The number of non-ortho nitro benzene ring substituents is 1. The van der Waals surface area contributed by atoms with Crippen LogP contribution in [-0.2, 0) is 0 Å².